The number of methoxy groups -OCH3 is 1. The van der Waals surface area contributed by atoms with Crippen LogP contribution in [0.4, 0.5) is 0 Å². The fraction of sp³-hybridized carbons (Fsp3) is 0.278. The van der Waals surface area contributed by atoms with Crippen molar-refractivity contribution in [2.45, 2.75) is 13.1 Å². The van der Waals surface area contributed by atoms with Gasteiger partial charge in [0, 0.05) is 31.1 Å². The molecule has 0 aliphatic rings. The van der Waals surface area contributed by atoms with Gasteiger partial charge in [-0.1, -0.05) is 29.8 Å². The molecule has 0 saturated heterocycles. The molecule has 0 unspecified atom stereocenters. The zero-order valence-corrected chi connectivity index (χ0v) is 15.0. The van der Waals surface area contributed by atoms with Crippen molar-refractivity contribution in [1.82, 2.24) is 9.88 Å². The second-order valence-corrected chi connectivity index (χ2v) is 6.67. The molecule has 0 fully saturated rings. The van der Waals surface area contributed by atoms with Gasteiger partial charge in [0.2, 0.25) is 0 Å². The lowest BCUT2D eigenvalue weighted by Crippen LogP contribution is -2.26. The van der Waals surface area contributed by atoms with Crippen LogP contribution in [0.25, 0.3) is 10.6 Å². The van der Waals surface area contributed by atoms with E-state index in [2.05, 4.69) is 10.3 Å². The fourth-order valence-electron chi connectivity index (χ4n) is 2.42. The summed E-state index contributed by atoms with van der Waals surface area (Å²) in [7, 11) is 1.71. The zero-order chi connectivity index (χ0) is 16.8. The van der Waals surface area contributed by atoms with Crippen LogP contribution in [-0.2, 0) is 17.8 Å². The number of benzene rings is 1. The van der Waals surface area contributed by atoms with Crippen molar-refractivity contribution in [2.24, 2.45) is 0 Å². The molecule has 0 aliphatic carbocycles. The monoisotopic (exact) mass is 362 g/mol. The van der Waals surface area contributed by atoms with Crippen molar-refractivity contribution in [1.29, 1.82) is 0 Å². The molecule has 0 amide bonds. The number of furan rings is 1. The largest absolute Gasteiger partial charge is 0.468 e. The number of hydrogen-bond donors (Lipinski definition) is 0. The summed E-state index contributed by atoms with van der Waals surface area (Å²) in [6.45, 7) is 2.96. The average molecular weight is 363 g/mol. The lowest BCUT2D eigenvalue weighted by Gasteiger charge is -2.19. The van der Waals surface area contributed by atoms with E-state index in [0.29, 0.717) is 6.61 Å². The maximum Gasteiger partial charge on any atom is 0.125 e. The van der Waals surface area contributed by atoms with Gasteiger partial charge < -0.3 is 9.15 Å². The Labute approximate surface area is 150 Å². The van der Waals surface area contributed by atoms with Crippen molar-refractivity contribution in [3.8, 4) is 10.6 Å². The first-order valence-electron chi connectivity index (χ1n) is 7.69. The molecular formula is C18H19ClN2O2S. The van der Waals surface area contributed by atoms with Gasteiger partial charge in [-0.15, -0.1) is 11.3 Å². The van der Waals surface area contributed by atoms with Crippen LogP contribution >= 0.6 is 22.9 Å². The van der Waals surface area contributed by atoms with E-state index in [4.69, 9.17) is 25.7 Å². The molecule has 2 aromatic heterocycles. The molecule has 0 N–H and O–H groups in total. The molecule has 6 heteroatoms. The Morgan fingerprint density at radius 2 is 2.08 bits per heavy atom. The standard InChI is InChI=1S/C18H19ClN2O2S/c1-22-10-8-21(12-15-5-4-9-23-15)11-14-13-24-18(20-14)16-6-2-3-7-17(16)19/h2-7,9,13H,8,10-12H2,1H3. The van der Waals surface area contributed by atoms with Gasteiger partial charge in [-0.25, -0.2) is 4.98 Å². The van der Waals surface area contributed by atoms with Gasteiger partial charge in [-0.2, -0.15) is 0 Å². The summed E-state index contributed by atoms with van der Waals surface area (Å²) in [5.74, 6) is 0.938. The third-order valence-electron chi connectivity index (χ3n) is 3.61. The van der Waals surface area contributed by atoms with Crippen molar-refractivity contribution in [2.75, 3.05) is 20.3 Å². The molecule has 3 aromatic rings. The second kappa shape index (κ2) is 8.44. The fourth-order valence-corrected chi connectivity index (χ4v) is 3.56. The topological polar surface area (TPSA) is 38.5 Å². The Kier molecular flexibility index (Phi) is 6.04. The average Bonchev–Trinajstić information content (AvgIpc) is 3.25. The van der Waals surface area contributed by atoms with Gasteiger partial charge >= 0.3 is 0 Å². The Hall–Kier alpha value is -1.66. The summed E-state index contributed by atoms with van der Waals surface area (Å²) in [5.41, 5.74) is 2.00. The minimum absolute atomic E-state index is 0.669. The number of ether oxygens (including phenoxy) is 1. The summed E-state index contributed by atoms with van der Waals surface area (Å²) in [5, 5.41) is 3.76. The van der Waals surface area contributed by atoms with Crippen LogP contribution in [0, 0.1) is 0 Å². The van der Waals surface area contributed by atoms with Crippen molar-refractivity contribution in [3.05, 3.63) is 64.5 Å². The summed E-state index contributed by atoms with van der Waals surface area (Å²) >= 11 is 7.88. The number of rotatable bonds is 8. The molecule has 126 valence electrons. The lowest BCUT2D eigenvalue weighted by molar-refractivity contribution is 0.134. The van der Waals surface area contributed by atoms with Gasteiger partial charge in [-0.3, -0.25) is 4.90 Å². The second-order valence-electron chi connectivity index (χ2n) is 5.41. The normalized spacial score (nSPS) is 11.3. The van der Waals surface area contributed by atoms with Gasteiger partial charge in [0.25, 0.3) is 0 Å². The highest BCUT2D eigenvalue weighted by Crippen LogP contribution is 2.30. The van der Waals surface area contributed by atoms with E-state index < -0.39 is 0 Å². The van der Waals surface area contributed by atoms with E-state index >= 15 is 0 Å². The molecule has 4 nitrogen and oxygen atoms in total. The predicted octanol–water partition coefficient (Wildman–Crippen LogP) is 4.71. The Morgan fingerprint density at radius 3 is 2.83 bits per heavy atom. The maximum absolute atomic E-state index is 6.26. The quantitative estimate of drug-likeness (QED) is 0.582. The summed E-state index contributed by atoms with van der Waals surface area (Å²) < 4.78 is 10.7. The molecular weight excluding hydrogens is 344 g/mol. The number of aromatic nitrogens is 1. The lowest BCUT2D eigenvalue weighted by atomic mass is 10.2. The van der Waals surface area contributed by atoms with Crippen molar-refractivity contribution >= 4 is 22.9 Å². The molecule has 2 heterocycles. The molecule has 3 rings (SSSR count). The van der Waals surface area contributed by atoms with E-state index in [1.54, 1.807) is 24.7 Å². The third kappa shape index (κ3) is 4.45. The van der Waals surface area contributed by atoms with Crippen LogP contribution in [0.1, 0.15) is 11.5 Å². The minimum Gasteiger partial charge on any atom is -0.468 e. The molecule has 0 spiro atoms. The van der Waals surface area contributed by atoms with Crippen LogP contribution in [0.3, 0.4) is 0 Å². The first kappa shape index (κ1) is 17.2. The van der Waals surface area contributed by atoms with Crippen LogP contribution in [0.5, 0.6) is 0 Å². The Bertz CT molecular complexity index is 758. The van der Waals surface area contributed by atoms with E-state index in [0.717, 1.165) is 46.7 Å². The van der Waals surface area contributed by atoms with E-state index in [-0.39, 0.29) is 0 Å². The number of hydrogen-bond acceptors (Lipinski definition) is 5. The molecule has 0 saturated carbocycles. The van der Waals surface area contributed by atoms with Gasteiger partial charge in [0.05, 0.1) is 30.1 Å². The highest BCUT2D eigenvalue weighted by atomic mass is 35.5. The highest BCUT2D eigenvalue weighted by Gasteiger charge is 2.13. The summed E-state index contributed by atoms with van der Waals surface area (Å²) in [6.07, 6.45) is 1.70. The zero-order valence-electron chi connectivity index (χ0n) is 13.4. The Balaban J connectivity index is 1.71. The molecule has 24 heavy (non-hydrogen) atoms. The van der Waals surface area contributed by atoms with Crippen LogP contribution in [0.2, 0.25) is 5.02 Å². The molecule has 0 atom stereocenters. The first-order chi connectivity index (χ1) is 11.8. The van der Waals surface area contributed by atoms with Gasteiger partial charge in [0.15, 0.2) is 0 Å². The first-order valence-corrected chi connectivity index (χ1v) is 8.95. The third-order valence-corrected chi connectivity index (χ3v) is 4.87. The van der Waals surface area contributed by atoms with Crippen LogP contribution in [-0.4, -0.2) is 30.1 Å². The summed E-state index contributed by atoms with van der Waals surface area (Å²) in [4.78, 5) is 7.00. The van der Waals surface area contributed by atoms with Crippen molar-refractivity contribution in [3.63, 3.8) is 0 Å². The highest BCUT2D eigenvalue weighted by molar-refractivity contribution is 7.13. The molecule has 0 aliphatic heterocycles. The van der Waals surface area contributed by atoms with Crippen LogP contribution in [0.15, 0.2) is 52.5 Å². The maximum atomic E-state index is 6.26. The smallest absolute Gasteiger partial charge is 0.125 e. The van der Waals surface area contributed by atoms with E-state index in [1.807, 2.05) is 36.4 Å². The van der Waals surface area contributed by atoms with Crippen molar-refractivity contribution < 1.29 is 9.15 Å². The van der Waals surface area contributed by atoms with E-state index in [9.17, 15) is 0 Å². The summed E-state index contributed by atoms with van der Waals surface area (Å²) in [6, 6.07) is 11.7. The molecule has 1 aromatic carbocycles. The van der Waals surface area contributed by atoms with E-state index in [1.165, 1.54) is 0 Å². The number of thiazole rings is 1. The molecule has 0 radical (unpaired) electrons. The minimum atomic E-state index is 0.669. The number of halogens is 1. The van der Waals surface area contributed by atoms with Gasteiger partial charge in [-0.05, 0) is 18.2 Å². The molecule has 0 bridgehead atoms. The number of nitrogens with zero attached hydrogens (tertiary/aromatic N) is 2. The predicted molar refractivity (Wildman–Crippen MR) is 97.3 cm³/mol. The SMILES string of the molecule is COCCN(Cc1csc(-c2ccccc2Cl)n1)Cc1ccco1. The van der Waals surface area contributed by atoms with Gasteiger partial charge in [0.1, 0.15) is 10.8 Å². The Morgan fingerprint density at radius 1 is 1.21 bits per heavy atom. The van der Waals surface area contributed by atoms with Crippen LogP contribution < -0.4 is 0 Å².